The average Bonchev–Trinajstić information content (AvgIpc) is 3.63. The number of carbonyl (C=O) groups excluding carboxylic acids is 1. The Morgan fingerprint density at radius 3 is 2.61 bits per heavy atom. The molecular weight excluding hydrogens is 463 g/mol. The molecule has 0 atom stereocenters. The lowest BCUT2D eigenvalue weighted by Crippen LogP contribution is -2.32. The van der Waals surface area contributed by atoms with E-state index in [4.69, 9.17) is 14.2 Å². The number of carbonyl (C=O) groups is 1. The Morgan fingerprint density at radius 1 is 1.14 bits per heavy atom. The van der Waals surface area contributed by atoms with E-state index in [1.54, 1.807) is 25.3 Å². The number of halogens is 1. The summed E-state index contributed by atoms with van der Waals surface area (Å²) < 4.78 is 32.4. The van der Waals surface area contributed by atoms with E-state index < -0.39 is 5.82 Å². The topological polar surface area (TPSA) is 85.8 Å². The first-order valence-corrected chi connectivity index (χ1v) is 12.3. The van der Waals surface area contributed by atoms with Crippen LogP contribution in [0.5, 0.6) is 23.1 Å². The number of nitrogens with one attached hydrogen (secondary N) is 1. The number of benzene rings is 2. The number of amides is 1. The fraction of sp³-hybridized carbons (Fsp3) is 0.444. The quantitative estimate of drug-likeness (QED) is 0.470. The molecule has 2 aliphatic rings. The molecule has 1 amide bonds. The van der Waals surface area contributed by atoms with Crippen LogP contribution < -0.4 is 19.5 Å². The Hall–Kier alpha value is -3.46. The maximum Gasteiger partial charge on any atom is 0.230 e. The maximum atomic E-state index is 14.8. The Kier molecular flexibility index (Phi) is 6.66. The van der Waals surface area contributed by atoms with Crippen molar-refractivity contribution in [2.45, 2.75) is 32.6 Å². The Labute approximate surface area is 209 Å². The molecule has 0 radical (unpaired) electrons. The van der Waals surface area contributed by atoms with Crippen molar-refractivity contribution in [3.63, 3.8) is 0 Å². The molecule has 1 aliphatic heterocycles. The Bertz CT molecular complexity index is 1270. The van der Waals surface area contributed by atoms with Crippen LogP contribution in [-0.2, 0) is 4.79 Å². The van der Waals surface area contributed by atoms with E-state index >= 15 is 0 Å². The van der Waals surface area contributed by atoms with Crippen molar-refractivity contribution in [2.24, 2.45) is 11.3 Å². The monoisotopic (exact) mass is 494 g/mol. The number of hydrogen-bond acceptors (Lipinski definition) is 7. The summed E-state index contributed by atoms with van der Waals surface area (Å²) in [5.41, 5.74) is 0.639. The van der Waals surface area contributed by atoms with Gasteiger partial charge in [0.15, 0.2) is 23.1 Å². The molecule has 1 saturated heterocycles. The third kappa shape index (κ3) is 5.21. The predicted octanol–water partition coefficient (Wildman–Crippen LogP) is 5.03. The summed E-state index contributed by atoms with van der Waals surface area (Å²) in [5, 5.41) is 3.34. The van der Waals surface area contributed by atoms with Gasteiger partial charge in [-0.2, -0.15) is 0 Å². The van der Waals surface area contributed by atoms with Gasteiger partial charge in [-0.1, -0.05) is 6.92 Å². The molecule has 5 rings (SSSR count). The highest BCUT2D eigenvalue weighted by Crippen LogP contribution is 2.46. The molecule has 2 heterocycles. The van der Waals surface area contributed by atoms with E-state index in [1.165, 1.54) is 18.5 Å². The molecular formula is C27H31FN4O4. The SMILES string of the molecule is COc1cc2c(Oc3ccc(NC(=O)C4(C)CC4)cc3F)ncnc2cc1OCC1CCN(C)CC1. The molecule has 1 aromatic heterocycles. The van der Waals surface area contributed by atoms with Crippen LogP contribution >= 0.6 is 0 Å². The van der Waals surface area contributed by atoms with Crippen LogP contribution in [0.4, 0.5) is 10.1 Å². The van der Waals surface area contributed by atoms with Crippen LogP contribution in [0, 0.1) is 17.2 Å². The normalized spacial score (nSPS) is 17.6. The van der Waals surface area contributed by atoms with Crippen LogP contribution in [-0.4, -0.2) is 54.6 Å². The standard InChI is InChI=1S/C27H31FN4O4/c1-27(8-9-27)26(33)31-18-4-5-22(20(28)12-18)36-25-19-13-23(34-3)24(14-21(19)29-16-30-25)35-15-17-6-10-32(2)11-7-17/h4-5,12-14,16-17H,6-11,15H2,1-3H3,(H,31,33). The van der Waals surface area contributed by atoms with E-state index in [-0.39, 0.29) is 23.0 Å². The van der Waals surface area contributed by atoms with Gasteiger partial charge >= 0.3 is 0 Å². The largest absolute Gasteiger partial charge is 0.493 e. The number of aromatic nitrogens is 2. The van der Waals surface area contributed by atoms with Crippen LogP contribution in [0.1, 0.15) is 32.6 Å². The lowest BCUT2D eigenvalue weighted by atomic mass is 9.98. The highest BCUT2D eigenvalue weighted by atomic mass is 19.1. The van der Waals surface area contributed by atoms with Crippen molar-refractivity contribution in [1.29, 1.82) is 0 Å². The molecule has 36 heavy (non-hydrogen) atoms. The fourth-order valence-corrected chi connectivity index (χ4v) is 4.29. The predicted molar refractivity (Wildman–Crippen MR) is 134 cm³/mol. The second kappa shape index (κ2) is 9.89. The van der Waals surface area contributed by atoms with Crippen molar-refractivity contribution in [2.75, 3.05) is 39.2 Å². The van der Waals surface area contributed by atoms with Gasteiger partial charge in [0.2, 0.25) is 11.8 Å². The van der Waals surface area contributed by atoms with Crippen LogP contribution in [0.2, 0.25) is 0 Å². The maximum absolute atomic E-state index is 14.8. The summed E-state index contributed by atoms with van der Waals surface area (Å²) in [6, 6.07) is 7.88. The molecule has 2 aromatic carbocycles. The minimum atomic E-state index is -0.606. The second-order valence-electron chi connectivity index (χ2n) is 10.0. The number of anilines is 1. The Balaban J connectivity index is 1.33. The summed E-state index contributed by atoms with van der Waals surface area (Å²) in [7, 11) is 3.71. The minimum absolute atomic E-state index is 0.00723. The number of likely N-dealkylation sites (tertiary alicyclic amines) is 1. The first kappa shape index (κ1) is 24.2. The van der Waals surface area contributed by atoms with Crippen molar-refractivity contribution < 1.29 is 23.4 Å². The first-order valence-electron chi connectivity index (χ1n) is 12.3. The molecule has 9 heteroatoms. The van der Waals surface area contributed by atoms with Gasteiger partial charge in [-0.3, -0.25) is 4.79 Å². The molecule has 2 fully saturated rings. The van der Waals surface area contributed by atoms with Crippen LogP contribution in [0.25, 0.3) is 10.9 Å². The zero-order valence-corrected chi connectivity index (χ0v) is 20.8. The molecule has 1 aliphatic carbocycles. The van der Waals surface area contributed by atoms with Gasteiger partial charge in [-0.15, -0.1) is 0 Å². The van der Waals surface area contributed by atoms with E-state index in [2.05, 4.69) is 27.2 Å². The highest BCUT2D eigenvalue weighted by molar-refractivity contribution is 5.96. The average molecular weight is 495 g/mol. The molecule has 0 bridgehead atoms. The zero-order chi connectivity index (χ0) is 25.3. The van der Waals surface area contributed by atoms with E-state index in [1.807, 2.05) is 6.92 Å². The molecule has 190 valence electrons. The lowest BCUT2D eigenvalue weighted by Gasteiger charge is -2.28. The van der Waals surface area contributed by atoms with Gasteiger partial charge in [0, 0.05) is 23.2 Å². The second-order valence-corrected chi connectivity index (χ2v) is 10.0. The molecule has 0 spiro atoms. The van der Waals surface area contributed by atoms with Crippen molar-refractivity contribution >= 4 is 22.5 Å². The van der Waals surface area contributed by atoms with Gasteiger partial charge in [-0.05, 0) is 69.9 Å². The van der Waals surface area contributed by atoms with E-state index in [0.717, 1.165) is 38.8 Å². The van der Waals surface area contributed by atoms with Gasteiger partial charge in [-0.25, -0.2) is 14.4 Å². The van der Waals surface area contributed by atoms with Crippen molar-refractivity contribution in [3.05, 3.63) is 42.5 Å². The lowest BCUT2D eigenvalue weighted by molar-refractivity contribution is -0.120. The summed E-state index contributed by atoms with van der Waals surface area (Å²) in [6.45, 7) is 4.65. The van der Waals surface area contributed by atoms with Crippen molar-refractivity contribution in [3.8, 4) is 23.1 Å². The zero-order valence-electron chi connectivity index (χ0n) is 20.8. The van der Waals surface area contributed by atoms with Gasteiger partial charge in [0.05, 0.1) is 24.6 Å². The summed E-state index contributed by atoms with van der Waals surface area (Å²) in [6.07, 6.45) is 5.25. The molecule has 1 N–H and O–H groups in total. The number of piperidine rings is 1. The van der Waals surface area contributed by atoms with Crippen LogP contribution in [0.3, 0.4) is 0 Å². The van der Waals surface area contributed by atoms with Gasteiger partial charge < -0.3 is 24.4 Å². The third-order valence-corrected chi connectivity index (χ3v) is 7.14. The number of methoxy groups -OCH3 is 1. The number of nitrogens with zero attached hydrogens (tertiary/aromatic N) is 3. The van der Waals surface area contributed by atoms with Crippen LogP contribution in [0.15, 0.2) is 36.7 Å². The number of ether oxygens (including phenoxy) is 3. The Morgan fingerprint density at radius 2 is 1.92 bits per heavy atom. The minimum Gasteiger partial charge on any atom is -0.493 e. The molecule has 1 saturated carbocycles. The fourth-order valence-electron chi connectivity index (χ4n) is 4.29. The smallest absolute Gasteiger partial charge is 0.230 e. The van der Waals surface area contributed by atoms with Crippen molar-refractivity contribution in [1.82, 2.24) is 14.9 Å². The van der Waals surface area contributed by atoms with E-state index in [0.29, 0.717) is 40.6 Å². The van der Waals surface area contributed by atoms with E-state index in [9.17, 15) is 9.18 Å². The highest BCUT2D eigenvalue weighted by Gasteiger charge is 2.44. The molecule has 3 aromatic rings. The number of rotatable bonds is 8. The van der Waals surface area contributed by atoms with Gasteiger partial charge in [0.1, 0.15) is 6.33 Å². The summed E-state index contributed by atoms with van der Waals surface area (Å²) >= 11 is 0. The molecule has 0 unspecified atom stereocenters. The summed E-state index contributed by atoms with van der Waals surface area (Å²) in [5.74, 6) is 1.11. The van der Waals surface area contributed by atoms with Gasteiger partial charge in [0.25, 0.3) is 0 Å². The summed E-state index contributed by atoms with van der Waals surface area (Å²) in [4.78, 5) is 23.2. The number of fused-ring (bicyclic) bond motifs is 1. The number of hydrogen-bond donors (Lipinski definition) is 1. The molecule has 8 nitrogen and oxygen atoms in total. The third-order valence-electron chi connectivity index (χ3n) is 7.14. The first-order chi connectivity index (χ1) is 17.3.